The minimum Gasteiger partial charge on any atom is -0.493 e. The minimum absolute atomic E-state index is 0.118. The van der Waals surface area contributed by atoms with Crippen molar-refractivity contribution in [3.8, 4) is 11.5 Å². The van der Waals surface area contributed by atoms with Crippen LogP contribution in [0.1, 0.15) is 27.4 Å². The standard InChI is InChI=1S/C15H15BrO4/c1-8-5-10(9(2)20-8)15(17)11-6-13(18-3)14(19-4)7-12(11)16/h5-7H,1-4H3. The number of ketones is 1. The molecule has 5 heteroatoms. The zero-order valence-electron chi connectivity index (χ0n) is 11.7. The van der Waals surface area contributed by atoms with Crippen molar-refractivity contribution in [1.82, 2.24) is 0 Å². The molecular weight excluding hydrogens is 324 g/mol. The van der Waals surface area contributed by atoms with Crippen molar-refractivity contribution in [2.24, 2.45) is 0 Å². The predicted molar refractivity (Wildman–Crippen MR) is 78.9 cm³/mol. The first-order chi connectivity index (χ1) is 9.47. The van der Waals surface area contributed by atoms with Crippen LogP contribution in [-0.2, 0) is 0 Å². The highest BCUT2D eigenvalue weighted by atomic mass is 79.9. The lowest BCUT2D eigenvalue weighted by Crippen LogP contribution is -2.04. The van der Waals surface area contributed by atoms with Gasteiger partial charge in [-0.2, -0.15) is 0 Å². The Bertz CT molecular complexity index is 658. The normalized spacial score (nSPS) is 10.4. The molecule has 0 aliphatic heterocycles. The molecule has 1 heterocycles. The summed E-state index contributed by atoms with van der Waals surface area (Å²) < 4.78 is 16.5. The van der Waals surface area contributed by atoms with Crippen molar-refractivity contribution in [3.05, 3.63) is 45.3 Å². The van der Waals surface area contributed by atoms with Gasteiger partial charge in [-0.3, -0.25) is 4.79 Å². The largest absolute Gasteiger partial charge is 0.493 e. The van der Waals surface area contributed by atoms with E-state index < -0.39 is 0 Å². The Morgan fingerprint density at radius 1 is 1.05 bits per heavy atom. The molecule has 0 unspecified atom stereocenters. The van der Waals surface area contributed by atoms with Gasteiger partial charge in [-0.1, -0.05) is 0 Å². The quantitative estimate of drug-likeness (QED) is 0.793. The van der Waals surface area contributed by atoms with E-state index in [9.17, 15) is 4.79 Å². The Morgan fingerprint density at radius 2 is 1.65 bits per heavy atom. The van der Waals surface area contributed by atoms with E-state index >= 15 is 0 Å². The lowest BCUT2D eigenvalue weighted by Gasteiger charge is -2.11. The monoisotopic (exact) mass is 338 g/mol. The van der Waals surface area contributed by atoms with Crippen LogP contribution in [0.15, 0.2) is 27.1 Å². The van der Waals surface area contributed by atoms with Gasteiger partial charge < -0.3 is 13.9 Å². The van der Waals surface area contributed by atoms with E-state index in [1.807, 2.05) is 6.92 Å². The number of hydrogen-bond donors (Lipinski definition) is 0. The molecule has 1 aromatic carbocycles. The van der Waals surface area contributed by atoms with Crippen LogP contribution in [0.4, 0.5) is 0 Å². The van der Waals surface area contributed by atoms with Crippen LogP contribution >= 0.6 is 15.9 Å². The summed E-state index contributed by atoms with van der Waals surface area (Å²) in [5.74, 6) is 2.27. The number of aryl methyl sites for hydroxylation is 2. The number of carbonyl (C=O) groups excluding carboxylic acids is 1. The summed E-state index contributed by atoms with van der Waals surface area (Å²) in [6.07, 6.45) is 0. The maximum atomic E-state index is 12.6. The highest BCUT2D eigenvalue weighted by Crippen LogP contribution is 2.34. The molecule has 4 nitrogen and oxygen atoms in total. The van der Waals surface area contributed by atoms with Crippen molar-refractivity contribution >= 4 is 21.7 Å². The first-order valence-electron chi connectivity index (χ1n) is 6.01. The van der Waals surface area contributed by atoms with E-state index in [4.69, 9.17) is 13.9 Å². The molecule has 0 spiro atoms. The van der Waals surface area contributed by atoms with Crippen LogP contribution in [0.3, 0.4) is 0 Å². The molecule has 0 aliphatic rings. The molecule has 0 aliphatic carbocycles. The van der Waals surface area contributed by atoms with Gasteiger partial charge in [0.1, 0.15) is 11.5 Å². The molecule has 0 atom stereocenters. The lowest BCUT2D eigenvalue weighted by molar-refractivity contribution is 0.103. The van der Waals surface area contributed by atoms with Crippen molar-refractivity contribution in [2.45, 2.75) is 13.8 Å². The van der Waals surface area contributed by atoms with Gasteiger partial charge in [-0.05, 0) is 48.0 Å². The Morgan fingerprint density at radius 3 is 2.15 bits per heavy atom. The first-order valence-corrected chi connectivity index (χ1v) is 6.80. The number of halogens is 1. The maximum Gasteiger partial charge on any atom is 0.197 e. The smallest absolute Gasteiger partial charge is 0.197 e. The molecule has 0 saturated heterocycles. The average Bonchev–Trinajstić information content (AvgIpc) is 2.76. The summed E-state index contributed by atoms with van der Waals surface area (Å²) in [5, 5.41) is 0. The fourth-order valence-corrected chi connectivity index (χ4v) is 2.53. The number of furan rings is 1. The van der Waals surface area contributed by atoms with Gasteiger partial charge in [0, 0.05) is 10.0 Å². The van der Waals surface area contributed by atoms with E-state index in [1.165, 1.54) is 7.11 Å². The molecule has 0 bridgehead atoms. The average molecular weight is 339 g/mol. The Hall–Kier alpha value is -1.75. The van der Waals surface area contributed by atoms with Crippen LogP contribution in [0.5, 0.6) is 11.5 Å². The molecule has 0 saturated carbocycles. The fraction of sp³-hybridized carbons (Fsp3) is 0.267. The van der Waals surface area contributed by atoms with Crippen LogP contribution in [0.25, 0.3) is 0 Å². The van der Waals surface area contributed by atoms with Gasteiger partial charge in [-0.25, -0.2) is 0 Å². The number of ether oxygens (including phenoxy) is 2. The summed E-state index contributed by atoms with van der Waals surface area (Å²) in [6.45, 7) is 3.59. The Labute approximate surface area is 125 Å². The summed E-state index contributed by atoms with van der Waals surface area (Å²) in [5.41, 5.74) is 1.06. The van der Waals surface area contributed by atoms with E-state index in [0.29, 0.717) is 38.6 Å². The molecule has 106 valence electrons. The number of hydrogen-bond acceptors (Lipinski definition) is 4. The van der Waals surface area contributed by atoms with Crippen molar-refractivity contribution in [1.29, 1.82) is 0 Å². The summed E-state index contributed by atoms with van der Waals surface area (Å²) >= 11 is 3.39. The van der Waals surface area contributed by atoms with Crippen LogP contribution in [0.2, 0.25) is 0 Å². The lowest BCUT2D eigenvalue weighted by atomic mass is 10.0. The zero-order chi connectivity index (χ0) is 14.9. The van der Waals surface area contributed by atoms with Crippen molar-refractivity contribution in [2.75, 3.05) is 14.2 Å². The van der Waals surface area contributed by atoms with E-state index in [2.05, 4.69) is 15.9 Å². The van der Waals surface area contributed by atoms with Gasteiger partial charge >= 0.3 is 0 Å². The topological polar surface area (TPSA) is 48.7 Å². The van der Waals surface area contributed by atoms with Crippen molar-refractivity contribution in [3.63, 3.8) is 0 Å². The van der Waals surface area contributed by atoms with Gasteiger partial charge in [0.15, 0.2) is 17.3 Å². The molecule has 20 heavy (non-hydrogen) atoms. The molecule has 1 aromatic heterocycles. The van der Waals surface area contributed by atoms with Gasteiger partial charge in [0.2, 0.25) is 0 Å². The van der Waals surface area contributed by atoms with Crippen LogP contribution in [0, 0.1) is 13.8 Å². The minimum atomic E-state index is -0.118. The Balaban J connectivity index is 2.52. The number of methoxy groups -OCH3 is 2. The number of rotatable bonds is 4. The molecule has 2 rings (SSSR count). The third-order valence-electron chi connectivity index (χ3n) is 3.00. The molecule has 0 amide bonds. The van der Waals surface area contributed by atoms with Gasteiger partial charge in [0.25, 0.3) is 0 Å². The molecule has 2 aromatic rings. The maximum absolute atomic E-state index is 12.6. The van der Waals surface area contributed by atoms with Crippen LogP contribution < -0.4 is 9.47 Å². The molecular formula is C15H15BrO4. The van der Waals surface area contributed by atoms with Gasteiger partial charge in [-0.15, -0.1) is 0 Å². The first kappa shape index (κ1) is 14.7. The highest BCUT2D eigenvalue weighted by Gasteiger charge is 2.20. The Kier molecular flexibility index (Phi) is 4.18. The second-order valence-electron chi connectivity index (χ2n) is 4.34. The summed E-state index contributed by atoms with van der Waals surface area (Å²) in [6, 6.07) is 5.11. The molecule has 0 N–H and O–H groups in total. The third-order valence-corrected chi connectivity index (χ3v) is 3.66. The number of carbonyl (C=O) groups is 1. The van der Waals surface area contributed by atoms with Crippen LogP contribution in [-0.4, -0.2) is 20.0 Å². The van der Waals surface area contributed by atoms with E-state index in [-0.39, 0.29) is 5.78 Å². The third kappa shape index (κ3) is 2.58. The van der Waals surface area contributed by atoms with E-state index in [0.717, 1.165) is 0 Å². The molecule has 0 radical (unpaired) electrons. The second-order valence-corrected chi connectivity index (χ2v) is 5.20. The summed E-state index contributed by atoms with van der Waals surface area (Å²) in [7, 11) is 3.09. The second kappa shape index (κ2) is 5.71. The predicted octanol–water partition coefficient (Wildman–Crippen LogP) is 3.91. The number of benzene rings is 1. The van der Waals surface area contributed by atoms with Gasteiger partial charge in [0.05, 0.1) is 19.8 Å². The summed E-state index contributed by atoms with van der Waals surface area (Å²) in [4.78, 5) is 12.6. The fourth-order valence-electron chi connectivity index (χ4n) is 2.03. The molecule has 0 fully saturated rings. The zero-order valence-corrected chi connectivity index (χ0v) is 13.3. The highest BCUT2D eigenvalue weighted by molar-refractivity contribution is 9.10. The van der Waals surface area contributed by atoms with E-state index in [1.54, 1.807) is 32.2 Å². The van der Waals surface area contributed by atoms with Crippen molar-refractivity contribution < 1.29 is 18.7 Å². The SMILES string of the molecule is COc1cc(Br)c(C(=O)c2cc(C)oc2C)cc1OC.